The molecule has 0 radical (unpaired) electrons. The average molecular weight is 625 g/mol. The van der Waals surface area contributed by atoms with Gasteiger partial charge >= 0.3 is 23.9 Å². The molecule has 0 aromatic carbocycles. The van der Waals surface area contributed by atoms with E-state index in [1.807, 2.05) is 0 Å². The second-order valence-corrected chi connectivity index (χ2v) is 11.0. The van der Waals surface area contributed by atoms with E-state index in [9.17, 15) is 24.3 Å². The van der Waals surface area contributed by atoms with E-state index >= 15 is 0 Å². The van der Waals surface area contributed by atoms with Crippen molar-refractivity contribution in [3.8, 4) is 0 Å². The van der Waals surface area contributed by atoms with E-state index < -0.39 is 54.2 Å². The molecule has 0 bridgehead atoms. The Bertz CT molecular complexity index is 1250. The van der Waals surface area contributed by atoms with Crippen LogP contribution in [0.25, 0.3) is 0 Å². The van der Waals surface area contributed by atoms with Crippen molar-refractivity contribution >= 4 is 23.9 Å². The molecule has 0 aliphatic carbocycles. The van der Waals surface area contributed by atoms with Crippen LogP contribution in [0.2, 0.25) is 0 Å². The normalized spacial score (nSPS) is 15.0. The molecule has 1 aliphatic rings. The monoisotopic (exact) mass is 624 g/mol. The lowest BCUT2D eigenvalue weighted by atomic mass is 10.0. The summed E-state index contributed by atoms with van der Waals surface area (Å²) in [5.41, 5.74) is 0.0709. The molecule has 2 atom stereocenters. The maximum absolute atomic E-state index is 12.8. The SMILES string of the molecule is CCCCCCCCCCCCCCCC(=O)OC[C@H](O)[C@H]1OC(=O)C(OC(=O)c2cccnc2)=C1OC(=O)c1cccnc1. The first-order chi connectivity index (χ1) is 21.9. The Kier molecular flexibility index (Phi) is 15.7. The third kappa shape index (κ3) is 12.4. The van der Waals surface area contributed by atoms with Gasteiger partial charge < -0.3 is 24.1 Å². The molecule has 244 valence electrons. The zero-order valence-corrected chi connectivity index (χ0v) is 26.0. The molecule has 45 heavy (non-hydrogen) atoms. The predicted octanol–water partition coefficient (Wildman–Crippen LogP) is 6.01. The summed E-state index contributed by atoms with van der Waals surface area (Å²) in [7, 11) is 0. The Balaban J connectivity index is 1.45. The van der Waals surface area contributed by atoms with Crippen molar-refractivity contribution in [1.29, 1.82) is 0 Å². The maximum Gasteiger partial charge on any atom is 0.379 e. The van der Waals surface area contributed by atoms with Gasteiger partial charge in [0.1, 0.15) is 12.7 Å². The summed E-state index contributed by atoms with van der Waals surface area (Å²) in [6.45, 7) is 1.70. The van der Waals surface area contributed by atoms with Gasteiger partial charge in [0, 0.05) is 31.2 Å². The number of aromatic nitrogens is 2. The van der Waals surface area contributed by atoms with Crippen LogP contribution in [0.4, 0.5) is 0 Å². The van der Waals surface area contributed by atoms with E-state index in [1.54, 1.807) is 0 Å². The molecule has 11 nitrogen and oxygen atoms in total. The molecule has 0 amide bonds. The number of aliphatic hydroxyl groups is 1. The van der Waals surface area contributed by atoms with Gasteiger partial charge in [0.15, 0.2) is 6.10 Å². The number of hydrogen-bond donors (Lipinski definition) is 1. The number of cyclic esters (lactones) is 1. The fraction of sp³-hybridized carbons (Fsp3) is 0.529. The van der Waals surface area contributed by atoms with Crippen molar-refractivity contribution in [2.75, 3.05) is 6.61 Å². The summed E-state index contributed by atoms with van der Waals surface area (Å²) >= 11 is 0. The Labute approximate surface area is 264 Å². The number of unbranched alkanes of at least 4 members (excludes halogenated alkanes) is 12. The highest BCUT2D eigenvalue weighted by Gasteiger charge is 2.44. The van der Waals surface area contributed by atoms with E-state index in [0.717, 1.165) is 19.3 Å². The summed E-state index contributed by atoms with van der Waals surface area (Å²) in [6, 6.07) is 5.85. The zero-order valence-electron chi connectivity index (χ0n) is 26.0. The van der Waals surface area contributed by atoms with Crippen molar-refractivity contribution in [2.45, 2.75) is 109 Å². The number of esters is 4. The standard InChI is InChI=1S/C34H44N2O9/c1-2-3-4-5-6-7-8-9-10-11-12-13-14-19-28(38)42-24-27(37)29-30(44-32(39)25-17-15-20-35-22-25)31(34(41)43-29)45-33(40)26-18-16-21-36-23-26/h15-18,20-23,27,29,37H,2-14,19,24H2,1H3/t27-,29+/m0/s1. The first-order valence-corrected chi connectivity index (χ1v) is 15.9. The van der Waals surface area contributed by atoms with Crippen LogP contribution in [-0.4, -0.2) is 57.8 Å². The topological polar surface area (TPSA) is 151 Å². The molecular formula is C34H44N2O9. The Hall–Kier alpha value is -4.12. The summed E-state index contributed by atoms with van der Waals surface area (Å²) < 4.78 is 21.0. The first kappa shape index (κ1) is 35.4. The lowest BCUT2D eigenvalue weighted by Gasteiger charge is -2.19. The molecule has 0 saturated carbocycles. The lowest BCUT2D eigenvalue weighted by molar-refractivity contribution is -0.154. The number of ether oxygens (including phenoxy) is 4. The molecule has 0 unspecified atom stereocenters. The number of aliphatic hydroxyl groups excluding tert-OH is 1. The van der Waals surface area contributed by atoms with Crippen LogP contribution in [0.15, 0.2) is 60.6 Å². The van der Waals surface area contributed by atoms with Crippen LogP contribution < -0.4 is 0 Å². The van der Waals surface area contributed by atoms with Gasteiger partial charge in [-0.2, -0.15) is 0 Å². The van der Waals surface area contributed by atoms with Gasteiger partial charge in [-0.15, -0.1) is 0 Å². The minimum atomic E-state index is -1.60. The van der Waals surface area contributed by atoms with E-state index in [2.05, 4.69) is 16.9 Å². The Morgan fingerprint density at radius 2 is 1.31 bits per heavy atom. The van der Waals surface area contributed by atoms with Crippen LogP contribution in [0.3, 0.4) is 0 Å². The van der Waals surface area contributed by atoms with Gasteiger partial charge in [0.2, 0.25) is 5.76 Å². The van der Waals surface area contributed by atoms with Gasteiger partial charge in [-0.05, 0) is 30.7 Å². The van der Waals surface area contributed by atoms with Crippen molar-refractivity contribution in [3.05, 3.63) is 71.7 Å². The maximum atomic E-state index is 12.8. The first-order valence-electron chi connectivity index (χ1n) is 15.9. The summed E-state index contributed by atoms with van der Waals surface area (Å²) in [4.78, 5) is 58.1. The third-order valence-electron chi connectivity index (χ3n) is 7.34. The molecule has 3 rings (SSSR count). The lowest BCUT2D eigenvalue weighted by Crippen LogP contribution is -2.35. The number of carbonyl (C=O) groups is 4. The van der Waals surface area contributed by atoms with Crippen LogP contribution in [0, 0.1) is 0 Å². The summed E-state index contributed by atoms with van der Waals surface area (Å²) in [5, 5.41) is 10.8. The fourth-order valence-corrected chi connectivity index (χ4v) is 4.80. The molecule has 1 N–H and O–H groups in total. The second-order valence-electron chi connectivity index (χ2n) is 11.0. The molecule has 0 spiro atoms. The molecule has 1 aliphatic heterocycles. The smallest absolute Gasteiger partial charge is 0.379 e. The minimum absolute atomic E-state index is 0.0295. The molecule has 3 heterocycles. The van der Waals surface area contributed by atoms with Crippen LogP contribution >= 0.6 is 0 Å². The van der Waals surface area contributed by atoms with E-state index in [4.69, 9.17) is 18.9 Å². The molecule has 11 heteroatoms. The van der Waals surface area contributed by atoms with Gasteiger partial charge in [-0.3, -0.25) is 14.8 Å². The van der Waals surface area contributed by atoms with Gasteiger partial charge in [0.05, 0.1) is 11.1 Å². The number of hydrogen-bond acceptors (Lipinski definition) is 11. The van der Waals surface area contributed by atoms with Gasteiger partial charge in [-0.25, -0.2) is 14.4 Å². The number of pyridine rings is 2. The molecular weight excluding hydrogens is 580 g/mol. The van der Waals surface area contributed by atoms with Gasteiger partial charge in [0.25, 0.3) is 5.76 Å². The zero-order chi connectivity index (χ0) is 32.3. The highest BCUT2D eigenvalue weighted by atomic mass is 16.6. The van der Waals surface area contributed by atoms with Crippen molar-refractivity contribution in [3.63, 3.8) is 0 Å². The van der Waals surface area contributed by atoms with E-state index in [-0.39, 0.29) is 17.5 Å². The highest BCUT2D eigenvalue weighted by Crippen LogP contribution is 2.29. The fourth-order valence-electron chi connectivity index (χ4n) is 4.80. The van der Waals surface area contributed by atoms with Crippen molar-refractivity contribution < 1.29 is 43.2 Å². The quantitative estimate of drug-likeness (QED) is 0.0987. The predicted molar refractivity (Wildman–Crippen MR) is 163 cm³/mol. The van der Waals surface area contributed by atoms with Crippen LogP contribution in [-0.2, 0) is 28.5 Å². The second kappa shape index (κ2) is 20.0. The van der Waals surface area contributed by atoms with Crippen LogP contribution in [0.5, 0.6) is 0 Å². The number of rotatable bonds is 21. The van der Waals surface area contributed by atoms with Crippen LogP contribution in [0.1, 0.15) is 118 Å². The molecule has 2 aromatic heterocycles. The Morgan fingerprint density at radius 1 is 0.800 bits per heavy atom. The Morgan fingerprint density at radius 3 is 1.82 bits per heavy atom. The van der Waals surface area contributed by atoms with Crippen molar-refractivity contribution in [1.82, 2.24) is 9.97 Å². The minimum Gasteiger partial charge on any atom is -0.463 e. The summed E-state index contributed by atoms with van der Waals surface area (Å²) in [5.74, 6) is -4.76. The van der Waals surface area contributed by atoms with Crippen molar-refractivity contribution in [2.24, 2.45) is 0 Å². The number of nitrogens with zero attached hydrogens (tertiary/aromatic N) is 2. The van der Waals surface area contributed by atoms with E-state index in [1.165, 1.54) is 107 Å². The van der Waals surface area contributed by atoms with E-state index in [0.29, 0.717) is 6.42 Å². The number of carbonyl (C=O) groups excluding carboxylic acids is 4. The summed E-state index contributed by atoms with van der Waals surface area (Å²) in [6.07, 6.45) is 17.8. The third-order valence-corrected chi connectivity index (χ3v) is 7.34. The highest BCUT2D eigenvalue weighted by molar-refractivity contribution is 5.98. The van der Waals surface area contributed by atoms with Gasteiger partial charge in [-0.1, -0.05) is 84.0 Å². The average Bonchev–Trinajstić information content (AvgIpc) is 3.36. The largest absolute Gasteiger partial charge is 0.463 e. The molecule has 0 saturated heterocycles. The molecule has 0 fully saturated rings. The molecule has 2 aromatic rings.